The normalized spacial score (nSPS) is 20.2. The maximum absolute atomic E-state index is 13.3. The number of hydrogen-bond acceptors (Lipinski definition) is 4. The van der Waals surface area contributed by atoms with Crippen molar-refractivity contribution >= 4 is 18.0 Å². The molecule has 2 aromatic rings. The second-order valence-corrected chi connectivity index (χ2v) is 10.1. The molecule has 2 amide bonds. The second kappa shape index (κ2) is 10.5. The fraction of sp³-hybridized carbons (Fsp3) is 0.464. The monoisotopic (exact) mass is 478 g/mol. The van der Waals surface area contributed by atoms with Gasteiger partial charge in [-0.05, 0) is 46.9 Å². The zero-order valence-corrected chi connectivity index (χ0v) is 20.6. The van der Waals surface area contributed by atoms with Gasteiger partial charge in [-0.1, -0.05) is 69.3 Å². The van der Waals surface area contributed by atoms with E-state index in [1.165, 1.54) is 4.90 Å². The number of rotatable bonds is 7. The lowest BCUT2D eigenvalue weighted by atomic mass is 9.88. The van der Waals surface area contributed by atoms with E-state index in [0.29, 0.717) is 13.0 Å². The highest BCUT2D eigenvalue weighted by atomic mass is 16.5. The first-order valence-electron chi connectivity index (χ1n) is 12.4. The standard InChI is InChI=1S/C28H34N2O5/c1-17(2)23(26(31)30-13-12-18(3)14-25(30)27(32)33)15-29-28(34)35-16-24-21-10-6-4-8-19(21)20-9-5-7-11-22(20)24/h4-11,17-18,23-25H,12-16H2,1-3H3,(H,29,34)(H,32,33). The molecule has 0 aromatic heterocycles. The Balaban J connectivity index is 1.37. The van der Waals surface area contributed by atoms with E-state index >= 15 is 0 Å². The van der Waals surface area contributed by atoms with Crippen LogP contribution in [-0.2, 0) is 14.3 Å². The fourth-order valence-electron chi connectivity index (χ4n) is 5.30. The molecule has 1 aliphatic heterocycles. The Morgan fingerprint density at radius 3 is 2.23 bits per heavy atom. The number of aliphatic carboxylic acids is 1. The van der Waals surface area contributed by atoms with E-state index in [0.717, 1.165) is 28.7 Å². The van der Waals surface area contributed by atoms with Gasteiger partial charge in [-0.3, -0.25) is 4.79 Å². The summed E-state index contributed by atoms with van der Waals surface area (Å²) < 4.78 is 5.60. The van der Waals surface area contributed by atoms with Crippen molar-refractivity contribution in [3.05, 3.63) is 59.7 Å². The van der Waals surface area contributed by atoms with E-state index in [2.05, 4.69) is 29.6 Å². The number of fused-ring (bicyclic) bond motifs is 3. The van der Waals surface area contributed by atoms with Gasteiger partial charge in [0, 0.05) is 19.0 Å². The SMILES string of the molecule is CC1CCN(C(=O)C(CNC(=O)OCC2c3ccccc3-c3ccccc32)C(C)C)C(C(=O)O)C1. The third kappa shape index (κ3) is 5.19. The lowest BCUT2D eigenvalue weighted by molar-refractivity contribution is -0.155. The van der Waals surface area contributed by atoms with Crippen LogP contribution in [0.15, 0.2) is 48.5 Å². The molecule has 186 valence electrons. The Kier molecular flexibility index (Phi) is 7.43. The first-order valence-corrected chi connectivity index (χ1v) is 12.4. The van der Waals surface area contributed by atoms with Gasteiger partial charge in [-0.25, -0.2) is 9.59 Å². The van der Waals surface area contributed by atoms with Gasteiger partial charge >= 0.3 is 12.1 Å². The van der Waals surface area contributed by atoms with Crippen molar-refractivity contribution in [1.29, 1.82) is 0 Å². The molecule has 7 heteroatoms. The minimum atomic E-state index is -0.975. The maximum atomic E-state index is 13.3. The van der Waals surface area contributed by atoms with Gasteiger partial charge in [-0.2, -0.15) is 0 Å². The van der Waals surface area contributed by atoms with Crippen LogP contribution in [0.4, 0.5) is 4.79 Å². The molecule has 3 atom stereocenters. The summed E-state index contributed by atoms with van der Waals surface area (Å²) >= 11 is 0. The molecule has 0 radical (unpaired) electrons. The third-order valence-electron chi connectivity index (χ3n) is 7.36. The quantitative estimate of drug-likeness (QED) is 0.611. The van der Waals surface area contributed by atoms with E-state index in [4.69, 9.17) is 4.74 Å². The number of carboxylic acids is 1. The molecule has 1 saturated heterocycles. The summed E-state index contributed by atoms with van der Waals surface area (Å²) in [5, 5.41) is 12.4. The van der Waals surface area contributed by atoms with Gasteiger partial charge in [0.05, 0.1) is 5.92 Å². The Hall–Kier alpha value is -3.35. The van der Waals surface area contributed by atoms with Gasteiger partial charge in [0.1, 0.15) is 12.6 Å². The predicted octanol–water partition coefficient (Wildman–Crippen LogP) is 4.51. The largest absolute Gasteiger partial charge is 0.480 e. The van der Waals surface area contributed by atoms with Crippen molar-refractivity contribution in [3.8, 4) is 11.1 Å². The summed E-state index contributed by atoms with van der Waals surface area (Å²) in [5.74, 6) is -1.56. The smallest absolute Gasteiger partial charge is 0.407 e. The number of nitrogens with zero attached hydrogens (tertiary/aromatic N) is 1. The van der Waals surface area contributed by atoms with Crippen LogP contribution >= 0.6 is 0 Å². The Morgan fingerprint density at radius 1 is 1.06 bits per heavy atom. The molecule has 1 aliphatic carbocycles. The van der Waals surface area contributed by atoms with Crippen LogP contribution in [0.3, 0.4) is 0 Å². The number of carbonyl (C=O) groups is 3. The number of carboxylic acid groups (broad SMARTS) is 1. The van der Waals surface area contributed by atoms with Gasteiger partial charge in [-0.15, -0.1) is 0 Å². The lowest BCUT2D eigenvalue weighted by Crippen LogP contribution is -2.53. The molecule has 3 unspecified atom stereocenters. The first kappa shape index (κ1) is 24.8. The lowest BCUT2D eigenvalue weighted by Gasteiger charge is -2.38. The van der Waals surface area contributed by atoms with Crippen molar-refractivity contribution in [3.63, 3.8) is 0 Å². The molecule has 2 N–H and O–H groups in total. The second-order valence-electron chi connectivity index (χ2n) is 10.1. The minimum absolute atomic E-state index is 0.0395. The van der Waals surface area contributed by atoms with Gasteiger partial charge in [0.15, 0.2) is 0 Å². The van der Waals surface area contributed by atoms with Crippen LogP contribution in [0, 0.1) is 17.8 Å². The molecule has 4 rings (SSSR count). The Morgan fingerprint density at radius 2 is 1.66 bits per heavy atom. The third-order valence-corrected chi connectivity index (χ3v) is 7.36. The van der Waals surface area contributed by atoms with Crippen LogP contribution in [-0.4, -0.2) is 53.7 Å². The molecular formula is C28H34N2O5. The maximum Gasteiger partial charge on any atom is 0.407 e. The molecule has 35 heavy (non-hydrogen) atoms. The van der Waals surface area contributed by atoms with Crippen LogP contribution in [0.2, 0.25) is 0 Å². The van der Waals surface area contributed by atoms with Crippen molar-refractivity contribution in [2.45, 2.75) is 45.6 Å². The molecule has 0 saturated carbocycles. The molecule has 2 aliphatic rings. The van der Waals surface area contributed by atoms with E-state index in [1.807, 2.05) is 45.0 Å². The van der Waals surface area contributed by atoms with Crippen molar-refractivity contribution in [2.24, 2.45) is 17.8 Å². The Bertz CT molecular complexity index is 1050. The van der Waals surface area contributed by atoms with Crippen LogP contribution in [0.5, 0.6) is 0 Å². The zero-order valence-electron chi connectivity index (χ0n) is 20.6. The highest BCUT2D eigenvalue weighted by Gasteiger charge is 2.38. The molecule has 0 spiro atoms. The number of hydrogen-bond donors (Lipinski definition) is 2. The topological polar surface area (TPSA) is 95.9 Å². The molecule has 0 bridgehead atoms. The minimum Gasteiger partial charge on any atom is -0.480 e. The summed E-state index contributed by atoms with van der Waals surface area (Å²) in [5.41, 5.74) is 4.59. The Labute approximate surface area is 206 Å². The van der Waals surface area contributed by atoms with Gasteiger partial charge in [0.2, 0.25) is 5.91 Å². The average Bonchev–Trinajstić information content (AvgIpc) is 3.16. The summed E-state index contributed by atoms with van der Waals surface area (Å²) in [4.78, 5) is 39.2. The van der Waals surface area contributed by atoms with Crippen LogP contribution in [0.25, 0.3) is 11.1 Å². The molecular weight excluding hydrogens is 444 g/mol. The predicted molar refractivity (Wildman–Crippen MR) is 133 cm³/mol. The molecule has 2 aromatic carbocycles. The van der Waals surface area contributed by atoms with Gasteiger partial charge < -0.3 is 20.1 Å². The number of benzene rings is 2. The van der Waals surface area contributed by atoms with E-state index < -0.39 is 24.0 Å². The van der Waals surface area contributed by atoms with Crippen LogP contribution < -0.4 is 5.32 Å². The van der Waals surface area contributed by atoms with Crippen LogP contribution in [0.1, 0.15) is 50.7 Å². The molecule has 1 fully saturated rings. The number of likely N-dealkylation sites (tertiary alicyclic amines) is 1. The first-order chi connectivity index (χ1) is 16.8. The summed E-state index contributed by atoms with van der Waals surface area (Å²) in [6.45, 7) is 6.55. The molecule has 7 nitrogen and oxygen atoms in total. The van der Waals surface area contributed by atoms with E-state index in [-0.39, 0.29) is 36.8 Å². The van der Waals surface area contributed by atoms with E-state index in [9.17, 15) is 19.5 Å². The number of alkyl carbamates (subject to hydrolysis) is 1. The number of nitrogens with one attached hydrogen (secondary N) is 1. The van der Waals surface area contributed by atoms with Crippen molar-refractivity contribution in [2.75, 3.05) is 19.7 Å². The van der Waals surface area contributed by atoms with Gasteiger partial charge in [0.25, 0.3) is 0 Å². The average molecular weight is 479 g/mol. The number of piperidine rings is 1. The number of amides is 2. The highest BCUT2D eigenvalue weighted by molar-refractivity contribution is 5.86. The highest BCUT2D eigenvalue weighted by Crippen LogP contribution is 2.44. The van der Waals surface area contributed by atoms with E-state index in [1.54, 1.807) is 0 Å². The van der Waals surface area contributed by atoms with Crippen molar-refractivity contribution in [1.82, 2.24) is 10.2 Å². The number of ether oxygens (including phenoxy) is 1. The fourth-order valence-corrected chi connectivity index (χ4v) is 5.30. The summed E-state index contributed by atoms with van der Waals surface area (Å²) in [6.07, 6.45) is 0.651. The molecule has 1 heterocycles. The number of carbonyl (C=O) groups excluding carboxylic acids is 2. The van der Waals surface area contributed by atoms with Crippen molar-refractivity contribution < 1.29 is 24.2 Å². The zero-order chi connectivity index (χ0) is 25.1. The summed E-state index contributed by atoms with van der Waals surface area (Å²) in [7, 11) is 0. The summed E-state index contributed by atoms with van der Waals surface area (Å²) in [6, 6.07) is 15.5.